The summed E-state index contributed by atoms with van der Waals surface area (Å²) in [5.41, 5.74) is 4.10. The van der Waals surface area contributed by atoms with Gasteiger partial charge in [-0.05, 0) is 61.7 Å². The molecule has 1 amide bonds. The summed E-state index contributed by atoms with van der Waals surface area (Å²) < 4.78 is 10.8. The molecule has 2 rings (SSSR count). The lowest BCUT2D eigenvalue weighted by molar-refractivity contribution is -0.127. The second-order valence-corrected chi connectivity index (χ2v) is 5.59. The zero-order valence-corrected chi connectivity index (χ0v) is 14.1. The fraction of sp³-hybridized carbons (Fsp3) is 0.316. The van der Waals surface area contributed by atoms with Crippen molar-refractivity contribution in [3.05, 3.63) is 59.2 Å². The summed E-state index contributed by atoms with van der Waals surface area (Å²) in [6.07, 6.45) is -0.539. The van der Waals surface area contributed by atoms with E-state index in [0.717, 1.165) is 22.6 Å². The van der Waals surface area contributed by atoms with Crippen molar-refractivity contribution in [1.29, 1.82) is 0 Å². The maximum atomic E-state index is 12.2. The molecule has 0 fully saturated rings. The first kappa shape index (κ1) is 17.0. The number of hydrogen-bond donors (Lipinski definition) is 1. The number of methoxy groups -OCH3 is 1. The van der Waals surface area contributed by atoms with Gasteiger partial charge in [-0.25, -0.2) is 0 Å². The minimum atomic E-state index is -0.539. The molecule has 0 aliphatic rings. The van der Waals surface area contributed by atoms with E-state index in [-0.39, 0.29) is 5.91 Å². The van der Waals surface area contributed by atoms with E-state index in [1.165, 1.54) is 5.56 Å². The molecule has 2 aromatic carbocycles. The summed E-state index contributed by atoms with van der Waals surface area (Å²) in [6, 6.07) is 13.5. The maximum absolute atomic E-state index is 12.2. The van der Waals surface area contributed by atoms with Crippen molar-refractivity contribution in [1.82, 2.24) is 0 Å². The number of carbonyl (C=O) groups is 1. The molecule has 0 aromatic heterocycles. The van der Waals surface area contributed by atoms with Crippen LogP contribution in [0.1, 0.15) is 23.6 Å². The van der Waals surface area contributed by atoms with Crippen LogP contribution in [0, 0.1) is 13.8 Å². The lowest BCUT2D eigenvalue weighted by Crippen LogP contribution is -2.27. The normalized spacial score (nSPS) is 11.8. The highest BCUT2D eigenvalue weighted by molar-refractivity contribution is 5.94. The Morgan fingerprint density at radius 3 is 2.61 bits per heavy atom. The molecule has 0 aliphatic carbocycles. The molecule has 122 valence electrons. The van der Waals surface area contributed by atoms with Gasteiger partial charge in [0.2, 0.25) is 0 Å². The zero-order chi connectivity index (χ0) is 16.8. The van der Waals surface area contributed by atoms with E-state index in [1.54, 1.807) is 14.0 Å². The number of rotatable bonds is 6. The predicted octanol–water partition coefficient (Wildman–Crippen LogP) is 3.86. The highest BCUT2D eigenvalue weighted by Crippen LogP contribution is 2.16. The quantitative estimate of drug-likeness (QED) is 0.881. The van der Waals surface area contributed by atoms with Crippen LogP contribution in [0.2, 0.25) is 0 Å². The Hall–Kier alpha value is -2.33. The second kappa shape index (κ2) is 7.79. The Morgan fingerprint density at radius 2 is 1.91 bits per heavy atom. The van der Waals surface area contributed by atoms with Gasteiger partial charge < -0.3 is 14.8 Å². The molecule has 1 N–H and O–H groups in total. The Bertz CT molecular complexity index is 682. The SMILES string of the molecule is COc1cccc(COC(C)C(=O)Nc2ccc(C)c(C)c2)c1. The molecule has 0 saturated carbocycles. The fourth-order valence-electron chi connectivity index (χ4n) is 2.12. The maximum Gasteiger partial charge on any atom is 0.253 e. The van der Waals surface area contributed by atoms with Gasteiger partial charge in [0.15, 0.2) is 0 Å². The number of ether oxygens (including phenoxy) is 2. The molecule has 23 heavy (non-hydrogen) atoms. The molecule has 0 spiro atoms. The Labute approximate surface area is 137 Å². The van der Waals surface area contributed by atoms with Crippen LogP contribution in [-0.2, 0) is 16.1 Å². The van der Waals surface area contributed by atoms with Gasteiger partial charge in [-0.3, -0.25) is 4.79 Å². The number of amides is 1. The van der Waals surface area contributed by atoms with E-state index in [9.17, 15) is 4.79 Å². The van der Waals surface area contributed by atoms with Gasteiger partial charge >= 0.3 is 0 Å². The van der Waals surface area contributed by atoms with Crippen molar-refractivity contribution < 1.29 is 14.3 Å². The summed E-state index contributed by atoms with van der Waals surface area (Å²) in [7, 11) is 1.62. The van der Waals surface area contributed by atoms with Crippen LogP contribution in [0.4, 0.5) is 5.69 Å². The van der Waals surface area contributed by atoms with Crippen molar-refractivity contribution in [2.24, 2.45) is 0 Å². The third-order valence-electron chi connectivity index (χ3n) is 3.78. The van der Waals surface area contributed by atoms with E-state index in [1.807, 2.05) is 56.3 Å². The van der Waals surface area contributed by atoms with Crippen LogP contribution in [0.15, 0.2) is 42.5 Å². The Kier molecular flexibility index (Phi) is 5.77. The van der Waals surface area contributed by atoms with E-state index in [0.29, 0.717) is 6.61 Å². The first-order valence-electron chi connectivity index (χ1n) is 7.62. The molecule has 0 bridgehead atoms. The van der Waals surface area contributed by atoms with Crippen LogP contribution >= 0.6 is 0 Å². The second-order valence-electron chi connectivity index (χ2n) is 5.59. The molecule has 0 saturated heterocycles. The Balaban J connectivity index is 1.90. The molecular weight excluding hydrogens is 290 g/mol. The minimum Gasteiger partial charge on any atom is -0.497 e. The molecule has 1 atom stereocenters. The molecular formula is C19H23NO3. The van der Waals surface area contributed by atoms with E-state index in [2.05, 4.69) is 5.32 Å². The highest BCUT2D eigenvalue weighted by atomic mass is 16.5. The number of benzene rings is 2. The molecule has 4 heteroatoms. The lowest BCUT2D eigenvalue weighted by atomic mass is 10.1. The summed E-state index contributed by atoms with van der Waals surface area (Å²) in [5.74, 6) is 0.620. The van der Waals surface area contributed by atoms with Gasteiger partial charge in [0, 0.05) is 5.69 Å². The average Bonchev–Trinajstić information content (AvgIpc) is 2.56. The van der Waals surface area contributed by atoms with Crippen molar-refractivity contribution in [2.45, 2.75) is 33.5 Å². The summed E-state index contributed by atoms with van der Waals surface area (Å²) in [6.45, 7) is 6.17. The summed E-state index contributed by atoms with van der Waals surface area (Å²) in [4.78, 5) is 12.2. The lowest BCUT2D eigenvalue weighted by Gasteiger charge is -2.14. The van der Waals surface area contributed by atoms with Crippen LogP contribution < -0.4 is 10.1 Å². The van der Waals surface area contributed by atoms with Gasteiger partial charge in [-0.2, -0.15) is 0 Å². The van der Waals surface area contributed by atoms with E-state index >= 15 is 0 Å². The topological polar surface area (TPSA) is 47.6 Å². The van der Waals surface area contributed by atoms with Crippen LogP contribution in [0.25, 0.3) is 0 Å². The Morgan fingerprint density at radius 1 is 1.13 bits per heavy atom. The number of nitrogens with one attached hydrogen (secondary N) is 1. The van der Waals surface area contributed by atoms with Gasteiger partial charge in [-0.1, -0.05) is 18.2 Å². The minimum absolute atomic E-state index is 0.156. The number of carbonyl (C=O) groups excluding carboxylic acids is 1. The van der Waals surface area contributed by atoms with Crippen LogP contribution in [-0.4, -0.2) is 19.1 Å². The van der Waals surface area contributed by atoms with E-state index < -0.39 is 6.10 Å². The highest BCUT2D eigenvalue weighted by Gasteiger charge is 2.14. The molecule has 2 aromatic rings. The molecule has 4 nitrogen and oxygen atoms in total. The third kappa shape index (κ3) is 4.83. The average molecular weight is 313 g/mol. The fourth-order valence-corrected chi connectivity index (χ4v) is 2.12. The molecule has 0 radical (unpaired) electrons. The smallest absolute Gasteiger partial charge is 0.253 e. The number of aryl methyl sites for hydroxylation is 2. The predicted molar refractivity (Wildman–Crippen MR) is 91.8 cm³/mol. The van der Waals surface area contributed by atoms with Crippen molar-refractivity contribution >= 4 is 11.6 Å². The molecule has 1 unspecified atom stereocenters. The van der Waals surface area contributed by atoms with Gasteiger partial charge in [0.05, 0.1) is 13.7 Å². The number of anilines is 1. The molecule has 0 heterocycles. The summed E-state index contributed by atoms with van der Waals surface area (Å²) >= 11 is 0. The zero-order valence-electron chi connectivity index (χ0n) is 14.1. The van der Waals surface area contributed by atoms with Gasteiger partial charge in [0.1, 0.15) is 11.9 Å². The van der Waals surface area contributed by atoms with Crippen molar-refractivity contribution in [3.63, 3.8) is 0 Å². The standard InChI is InChI=1S/C19H23NO3/c1-13-8-9-17(10-14(13)2)20-19(21)15(3)23-12-16-6-5-7-18(11-16)22-4/h5-11,15H,12H2,1-4H3,(H,20,21). The van der Waals surface area contributed by atoms with Gasteiger partial charge in [-0.15, -0.1) is 0 Å². The first-order chi connectivity index (χ1) is 11.0. The van der Waals surface area contributed by atoms with Crippen molar-refractivity contribution in [3.8, 4) is 5.75 Å². The molecule has 0 aliphatic heterocycles. The monoisotopic (exact) mass is 313 g/mol. The summed E-state index contributed by atoms with van der Waals surface area (Å²) in [5, 5.41) is 2.88. The van der Waals surface area contributed by atoms with Crippen molar-refractivity contribution in [2.75, 3.05) is 12.4 Å². The first-order valence-corrected chi connectivity index (χ1v) is 7.62. The number of hydrogen-bond acceptors (Lipinski definition) is 3. The van der Waals surface area contributed by atoms with E-state index in [4.69, 9.17) is 9.47 Å². The third-order valence-corrected chi connectivity index (χ3v) is 3.78. The van der Waals surface area contributed by atoms with Gasteiger partial charge in [0.25, 0.3) is 5.91 Å². The van der Waals surface area contributed by atoms with Crippen LogP contribution in [0.5, 0.6) is 5.75 Å². The van der Waals surface area contributed by atoms with Crippen LogP contribution in [0.3, 0.4) is 0 Å². The largest absolute Gasteiger partial charge is 0.497 e.